The molecule has 21 heavy (non-hydrogen) atoms. The van der Waals surface area contributed by atoms with Gasteiger partial charge in [-0.15, -0.1) is 0 Å². The molecule has 1 aromatic carbocycles. The summed E-state index contributed by atoms with van der Waals surface area (Å²) in [5.74, 6) is 1.56. The Kier molecular flexibility index (Phi) is 4.13. The molecule has 0 atom stereocenters. The average Bonchev–Trinajstić information content (AvgIpc) is 3.07. The van der Waals surface area contributed by atoms with Gasteiger partial charge in [0.15, 0.2) is 5.96 Å². The van der Waals surface area contributed by atoms with Crippen LogP contribution in [0.25, 0.3) is 11.0 Å². The Balaban J connectivity index is 1.62. The molecule has 0 unspecified atom stereocenters. The van der Waals surface area contributed by atoms with Crippen molar-refractivity contribution in [1.29, 1.82) is 0 Å². The minimum absolute atomic E-state index is 0.519. The number of aliphatic imine (C=N–C) groups is 1. The number of fused-ring (bicyclic) bond motifs is 1. The first-order valence-corrected chi connectivity index (χ1v) is 7.77. The Morgan fingerprint density at radius 3 is 2.90 bits per heavy atom. The van der Waals surface area contributed by atoms with E-state index < -0.39 is 0 Å². The van der Waals surface area contributed by atoms with E-state index in [-0.39, 0.29) is 0 Å². The first-order valence-electron chi connectivity index (χ1n) is 7.77. The molecule has 0 bridgehead atoms. The topological polar surface area (TPSA) is 63.5 Å². The number of nitrogens with zero attached hydrogens (tertiary/aromatic N) is 1. The second-order valence-electron chi connectivity index (χ2n) is 5.78. The van der Waals surface area contributed by atoms with E-state index in [9.17, 15) is 0 Å². The minimum Gasteiger partial charge on any atom is -0.461 e. The molecule has 1 aromatic heterocycles. The number of para-hydroxylation sites is 1. The maximum atomic E-state index is 5.96. The van der Waals surface area contributed by atoms with Crippen molar-refractivity contribution in [2.45, 2.75) is 45.1 Å². The van der Waals surface area contributed by atoms with Crippen LogP contribution >= 0.6 is 0 Å². The lowest BCUT2D eigenvalue weighted by Gasteiger charge is -2.12. The summed E-state index contributed by atoms with van der Waals surface area (Å²) in [6.45, 7) is 2.70. The molecule has 2 aromatic rings. The Bertz CT molecular complexity index is 639. The molecule has 3 rings (SSSR count). The molecule has 4 nitrogen and oxygen atoms in total. The molecule has 1 fully saturated rings. The van der Waals surface area contributed by atoms with Crippen LogP contribution in [0.2, 0.25) is 0 Å². The standard InChI is InChI=1S/C17H23N3O/c1-12-14(15-8-4-5-9-16(15)21-12)10-11-19-17(18)20-13-6-2-3-7-13/h4-5,8-9,13H,2-3,6-7,10-11H2,1H3,(H3,18,19,20). The number of hydrogen-bond donors (Lipinski definition) is 2. The first kappa shape index (κ1) is 14.0. The fraction of sp³-hybridized carbons (Fsp3) is 0.471. The maximum absolute atomic E-state index is 5.96. The Morgan fingerprint density at radius 1 is 1.33 bits per heavy atom. The lowest BCUT2D eigenvalue weighted by molar-refractivity contribution is 0.572. The molecule has 0 aliphatic heterocycles. The van der Waals surface area contributed by atoms with Gasteiger partial charge >= 0.3 is 0 Å². The smallest absolute Gasteiger partial charge is 0.188 e. The quantitative estimate of drug-likeness (QED) is 0.670. The van der Waals surface area contributed by atoms with Gasteiger partial charge < -0.3 is 15.5 Å². The molecule has 1 aliphatic carbocycles. The van der Waals surface area contributed by atoms with Gasteiger partial charge in [0.05, 0.1) is 0 Å². The number of rotatable bonds is 4. The van der Waals surface area contributed by atoms with Crippen molar-refractivity contribution in [2.75, 3.05) is 6.54 Å². The van der Waals surface area contributed by atoms with E-state index in [4.69, 9.17) is 10.2 Å². The zero-order valence-electron chi connectivity index (χ0n) is 12.6. The number of aryl methyl sites for hydroxylation is 1. The van der Waals surface area contributed by atoms with E-state index in [1.54, 1.807) is 0 Å². The van der Waals surface area contributed by atoms with E-state index in [1.807, 2.05) is 25.1 Å². The molecule has 4 heteroatoms. The summed E-state index contributed by atoms with van der Waals surface area (Å²) >= 11 is 0. The second-order valence-corrected chi connectivity index (χ2v) is 5.78. The van der Waals surface area contributed by atoms with Crippen LogP contribution in [0.4, 0.5) is 0 Å². The van der Waals surface area contributed by atoms with Gasteiger partial charge in [0, 0.05) is 23.5 Å². The lowest BCUT2D eigenvalue weighted by Crippen LogP contribution is -2.38. The van der Waals surface area contributed by atoms with Gasteiger partial charge in [0.1, 0.15) is 11.3 Å². The van der Waals surface area contributed by atoms with Crippen LogP contribution < -0.4 is 11.1 Å². The summed E-state index contributed by atoms with van der Waals surface area (Å²) in [5, 5.41) is 4.50. The van der Waals surface area contributed by atoms with Gasteiger partial charge in [0.2, 0.25) is 0 Å². The van der Waals surface area contributed by atoms with Crippen molar-refractivity contribution in [3.05, 3.63) is 35.6 Å². The normalized spacial score (nSPS) is 16.7. The van der Waals surface area contributed by atoms with Crippen LogP contribution in [0.5, 0.6) is 0 Å². The predicted molar refractivity (Wildman–Crippen MR) is 86.5 cm³/mol. The molecule has 3 N–H and O–H groups in total. The van der Waals surface area contributed by atoms with Gasteiger partial charge in [0.25, 0.3) is 0 Å². The molecule has 0 saturated heterocycles. The van der Waals surface area contributed by atoms with Gasteiger partial charge in [-0.3, -0.25) is 4.99 Å². The van der Waals surface area contributed by atoms with Gasteiger partial charge in [-0.25, -0.2) is 0 Å². The largest absolute Gasteiger partial charge is 0.461 e. The summed E-state index contributed by atoms with van der Waals surface area (Å²) in [4.78, 5) is 4.45. The van der Waals surface area contributed by atoms with E-state index in [1.165, 1.54) is 36.6 Å². The number of benzene rings is 1. The van der Waals surface area contributed by atoms with Crippen LogP contribution in [0.1, 0.15) is 37.0 Å². The van der Waals surface area contributed by atoms with Crippen molar-refractivity contribution < 1.29 is 4.42 Å². The molecule has 0 radical (unpaired) electrons. The van der Waals surface area contributed by atoms with Crippen LogP contribution in [-0.4, -0.2) is 18.5 Å². The van der Waals surface area contributed by atoms with E-state index in [0.717, 1.165) is 17.8 Å². The Morgan fingerprint density at radius 2 is 2.10 bits per heavy atom. The lowest BCUT2D eigenvalue weighted by atomic mass is 10.1. The van der Waals surface area contributed by atoms with E-state index in [2.05, 4.69) is 16.4 Å². The predicted octanol–water partition coefficient (Wildman–Crippen LogP) is 3.13. The summed E-state index contributed by atoms with van der Waals surface area (Å²) in [6, 6.07) is 8.66. The molecule has 1 aliphatic rings. The minimum atomic E-state index is 0.519. The SMILES string of the molecule is Cc1oc2ccccc2c1CCN=C(N)NC1CCCC1. The molecule has 0 spiro atoms. The molecular formula is C17H23N3O. The zero-order valence-corrected chi connectivity index (χ0v) is 12.6. The van der Waals surface area contributed by atoms with Crippen LogP contribution in [0.3, 0.4) is 0 Å². The Hall–Kier alpha value is -1.97. The number of furan rings is 1. The fourth-order valence-corrected chi connectivity index (χ4v) is 3.14. The highest BCUT2D eigenvalue weighted by molar-refractivity contribution is 5.82. The molecule has 1 heterocycles. The molecule has 112 valence electrons. The average molecular weight is 285 g/mol. The van der Waals surface area contributed by atoms with Crippen LogP contribution in [0.15, 0.2) is 33.7 Å². The molecule has 0 amide bonds. The van der Waals surface area contributed by atoms with Crippen molar-refractivity contribution in [3.8, 4) is 0 Å². The highest BCUT2D eigenvalue weighted by Crippen LogP contribution is 2.25. The molecule has 1 saturated carbocycles. The number of nitrogens with one attached hydrogen (secondary N) is 1. The third-order valence-electron chi connectivity index (χ3n) is 4.25. The van der Waals surface area contributed by atoms with Crippen molar-refractivity contribution >= 4 is 16.9 Å². The summed E-state index contributed by atoms with van der Waals surface area (Å²) < 4.78 is 5.77. The number of hydrogen-bond acceptors (Lipinski definition) is 2. The van der Waals surface area contributed by atoms with Crippen molar-refractivity contribution in [1.82, 2.24) is 5.32 Å². The van der Waals surface area contributed by atoms with E-state index >= 15 is 0 Å². The third-order valence-corrected chi connectivity index (χ3v) is 4.25. The van der Waals surface area contributed by atoms with Gasteiger partial charge in [-0.2, -0.15) is 0 Å². The van der Waals surface area contributed by atoms with Gasteiger partial charge in [-0.05, 0) is 32.3 Å². The number of nitrogens with two attached hydrogens (primary N) is 1. The van der Waals surface area contributed by atoms with E-state index in [0.29, 0.717) is 18.5 Å². The monoisotopic (exact) mass is 285 g/mol. The maximum Gasteiger partial charge on any atom is 0.188 e. The number of guanidine groups is 1. The first-order chi connectivity index (χ1) is 10.2. The molecular weight excluding hydrogens is 262 g/mol. The summed E-state index contributed by atoms with van der Waals surface area (Å²) in [6.07, 6.45) is 5.87. The highest BCUT2D eigenvalue weighted by atomic mass is 16.3. The Labute approximate surface area is 125 Å². The summed E-state index contributed by atoms with van der Waals surface area (Å²) in [7, 11) is 0. The summed E-state index contributed by atoms with van der Waals surface area (Å²) in [5.41, 5.74) is 8.15. The van der Waals surface area contributed by atoms with Gasteiger partial charge in [-0.1, -0.05) is 31.0 Å². The third kappa shape index (κ3) is 3.20. The van der Waals surface area contributed by atoms with Crippen LogP contribution in [-0.2, 0) is 6.42 Å². The highest BCUT2D eigenvalue weighted by Gasteiger charge is 2.15. The van der Waals surface area contributed by atoms with Crippen molar-refractivity contribution in [2.24, 2.45) is 10.7 Å². The zero-order chi connectivity index (χ0) is 14.7. The second kappa shape index (κ2) is 6.20. The van der Waals surface area contributed by atoms with Crippen molar-refractivity contribution in [3.63, 3.8) is 0 Å². The van der Waals surface area contributed by atoms with Crippen LogP contribution in [0, 0.1) is 6.92 Å². The fourth-order valence-electron chi connectivity index (χ4n) is 3.14.